The zero-order valence-corrected chi connectivity index (χ0v) is 16.6. The summed E-state index contributed by atoms with van der Waals surface area (Å²) in [6.07, 6.45) is 0.234. The van der Waals surface area contributed by atoms with Crippen LogP contribution in [0.5, 0.6) is 0 Å². The Labute approximate surface area is 165 Å². The number of methoxy groups -OCH3 is 1. The van der Waals surface area contributed by atoms with E-state index in [-0.39, 0.29) is 25.6 Å². The monoisotopic (exact) mass is 394 g/mol. The minimum Gasteiger partial charge on any atom is -0.467 e. The van der Waals surface area contributed by atoms with Gasteiger partial charge in [-0.3, -0.25) is 4.79 Å². The second-order valence-corrected chi connectivity index (χ2v) is 6.84. The van der Waals surface area contributed by atoms with E-state index in [0.717, 1.165) is 5.56 Å². The topological polar surface area (TPSA) is 114 Å². The van der Waals surface area contributed by atoms with E-state index in [2.05, 4.69) is 10.6 Å². The Morgan fingerprint density at radius 3 is 2.32 bits per heavy atom. The summed E-state index contributed by atoms with van der Waals surface area (Å²) in [6, 6.07) is 7.45. The number of ether oxygens (including phenoxy) is 2. The summed E-state index contributed by atoms with van der Waals surface area (Å²) in [4.78, 5) is 36.6. The largest absolute Gasteiger partial charge is 0.467 e. The number of carbonyl (C=O) groups is 3. The highest BCUT2D eigenvalue weighted by molar-refractivity contribution is 5.89. The maximum absolute atomic E-state index is 12.6. The SMILES string of the molecule is COC(=O)[C@H](CCCO)NC(=O)[C@H](CC(C)C)NC(=O)OCc1ccccc1. The van der Waals surface area contributed by atoms with Gasteiger partial charge in [-0.2, -0.15) is 0 Å². The van der Waals surface area contributed by atoms with Crippen molar-refractivity contribution in [3.63, 3.8) is 0 Å². The predicted molar refractivity (Wildman–Crippen MR) is 103 cm³/mol. The molecule has 8 heteroatoms. The van der Waals surface area contributed by atoms with Crippen LogP contribution >= 0.6 is 0 Å². The van der Waals surface area contributed by atoms with E-state index in [1.807, 2.05) is 44.2 Å². The molecule has 0 unspecified atom stereocenters. The normalized spacial score (nSPS) is 12.8. The summed E-state index contributed by atoms with van der Waals surface area (Å²) < 4.78 is 9.87. The maximum Gasteiger partial charge on any atom is 0.408 e. The second-order valence-electron chi connectivity index (χ2n) is 6.84. The minimum atomic E-state index is -0.888. The molecule has 1 rings (SSSR count). The van der Waals surface area contributed by atoms with Gasteiger partial charge in [-0.25, -0.2) is 9.59 Å². The molecule has 0 fully saturated rings. The molecule has 3 N–H and O–H groups in total. The average Bonchev–Trinajstić information content (AvgIpc) is 2.68. The highest BCUT2D eigenvalue weighted by Gasteiger charge is 2.28. The quantitative estimate of drug-likeness (QED) is 0.493. The summed E-state index contributed by atoms with van der Waals surface area (Å²) in [5.74, 6) is -0.977. The highest BCUT2D eigenvalue weighted by atomic mass is 16.5. The lowest BCUT2D eigenvalue weighted by Crippen LogP contribution is -2.52. The molecular weight excluding hydrogens is 364 g/mol. The Morgan fingerprint density at radius 2 is 1.75 bits per heavy atom. The molecule has 8 nitrogen and oxygen atoms in total. The van der Waals surface area contributed by atoms with Gasteiger partial charge in [0.05, 0.1) is 7.11 Å². The maximum atomic E-state index is 12.6. The van der Waals surface area contributed by atoms with Crippen LogP contribution in [0.1, 0.15) is 38.7 Å². The number of carbonyl (C=O) groups excluding carboxylic acids is 3. The zero-order valence-electron chi connectivity index (χ0n) is 16.6. The lowest BCUT2D eigenvalue weighted by molar-refractivity contribution is -0.145. The lowest BCUT2D eigenvalue weighted by Gasteiger charge is -2.23. The fourth-order valence-electron chi connectivity index (χ4n) is 2.57. The van der Waals surface area contributed by atoms with Gasteiger partial charge in [-0.05, 0) is 30.7 Å². The number of nitrogens with one attached hydrogen (secondary N) is 2. The van der Waals surface area contributed by atoms with Crippen LogP contribution < -0.4 is 10.6 Å². The molecule has 0 radical (unpaired) electrons. The molecule has 0 aliphatic heterocycles. The number of amides is 2. The Kier molecular flexibility index (Phi) is 10.6. The summed E-state index contributed by atoms with van der Waals surface area (Å²) in [5, 5.41) is 14.1. The number of aliphatic hydroxyl groups is 1. The fraction of sp³-hybridized carbons (Fsp3) is 0.550. The van der Waals surface area contributed by atoms with Crippen molar-refractivity contribution in [3.05, 3.63) is 35.9 Å². The zero-order chi connectivity index (χ0) is 20.9. The molecule has 0 aliphatic carbocycles. The first-order valence-corrected chi connectivity index (χ1v) is 9.33. The van der Waals surface area contributed by atoms with Gasteiger partial charge in [0.1, 0.15) is 18.7 Å². The molecule has 2 amide bonds. The van der Waals surface area contributed by atoms with Crippen molar-refractivity contribution in [2.45, 2.75) is 51.8 Å². The Morgan fingerprint density at radius 1 is 1.07 bits per heavy atom. The standard InChI is InChI=1S/C20H30N2O6/c1-14(2)12-17(18(24)21-16(10-7-11-23)19(25)27-3)22-20(26)28-13-15-8-5-4-6-9-15/h4-6,8-9,14,16-17,23H,7,10-13H2,1-3H3,(H,21,24)(H,22,26)/t16-,17-/m0/s1. The van der Waals surface area contributed by atoms with Crippen LogP contribution in [0.2, 0.25) is 0 Å². The summed E-state index contributed by atoms with van der Waals surface area (Å²) in [6.45, 7) is 3.81. The summed E-state index contributed by atoms with van der Waals surface area (Å²) in [7, 11) is 1.23. The van der Waals surface area contributed by atoms with Crippen molar-refractivity contribution in [3.8, 4) is 0 Å². The number of benzene rings is 1. The molecule has 0 bridgehead atoms. The Balaban J connectivity index is 2.69. The summed E-state index contributed by atoms with van der Waals surface area (Å²) >= 11 is 0. The smallest absolute Gasteiger partial charge is 0.408 e. The summed E-state index contributed by atoms with van der Waals surface area (Å²) in [5.41, 5.74) is 0.831. The number of hydrogen-bond acceptors (Lipinski definition) is 6. The first kappa shape index (κ1) is 23.4. The molecule has 0 spiro atoms. The Hall–Kier alpha value is -2.61. The molecule has 0 saturated heterocycles. The van der Waals surface area contributed by atoms with Crippen LogP contribution in [0.15, 0.2) is 30.3 Å². The number of alkyl carbamates (subject to hydrolysis) is 1. The van der Waals surface area contributed by atoms with Crippen LogP contribution in [-0.4, -0.2) is 48.9 Å². The number of hydrogen-bond donors (Lipinski definition) is 3. The van der Waals surface area contributed by atoms with Crippen molar-refractivity contribution in [2.75, 3.05) is 13.7 Å². The van der Waals surface area contributed by atoms with E-state index in [9.17, 15) is 14.4 Å². The second kappa shape index (κ2) is 12.7. The van der Waals surface area contributed by atoms with Crippen LogP contribution in [0.3, 0.4) is 0 Å². The molecule has 1 aromatic carbocycles. The van der Waals surface area contributed by atoms with Crippen LogP contribution in [0.4, 0.5) is 4.79 Å². The van der Waals surface area contributed by atoms with Gasteiger partial charge < -0.3 is 25.2 Å². The third kappa shape index (κ3) is 8.85. The average molecular weight is 394 g/mol. The van der Waals surface area contributed by atoms with E-state index >= 15 is 0 Å². The number of aliphatic hydroxyl groups excluding tert-OH is 1. The van der Waals surface area contributed by atoms with Gasteiger partial charge in [-0.15, -0.1) is 0 Å². The Bertz CT molecular complexity index is 620. The van der Waals surface area contributed by atoms with Crippen molar-refractivity contribution < 1.29 is 29.0 Å². The molecule has 2 atom stereocenters. The van der Waals surface area contributed by atoms with E-state index in [1.165, 1.54) is 7.11 Å². The van der Waals surface area contributed by atoms with Gasteiger partial charge in [0.2, 0.25) is 5.91 Å². The van der Waals surface area contributed by atoms with Crippen LogP contribution in [-0.2, 0) is 25.7 Å². The molecule has 28 heavy (non-hydrogen) atoms. The molecule has 0 heterocycles. The van der Waals surface area contributed by atoms with Gasteiger partial charge in [-0.1, -0.05) is 44.2 Å². The van der Waals surface area contributed by atoms with E-state index in [0.29, 0.717) is 12.8 Å². The molecular formula is C20H30N2O6. The van der Waals surface area contributed by atoms with Crippen molar-refractivity contribution in [2.24, 2.45) is 5.92 Å². The first-order valence-electron chi connectivity index (χ1n) is 9.33. The highest BCUT2D eigenvalue weighted by Crippen LogP contribution is 2.08. The number of rotatable bonds is 11. The molecule has 1 aromatic rings. The van der Waals surface area contributed by atoms with Gasteiger partial charge in [0.25, 0.3) is 0 Å². The van der Waals surface area contributed by atoms with Crippen molar-refractivity contribution in [1.29, 1.82) is 0 Å². The van der Waals surface area contributed by atoms with E-state index in [1.54, 1.807) is 0 Å². The van der Waals surface area contributed by atoms with Gasteiger partial charge in [0.15, 0.2) is 0 Å². The molecule has 156 valence electrons. The predicted octanol–water partition coefficient (Wildman–Crippen LogP) is 1.76. The molecule has 0 aliphatic rings. The molecule has 0 saturated carbocycles. The third-order valence-corrected chi connectivity index (χ3v) is 3.98. The van der Waals surface area contributed by atoms with E-state index in [4.69, 9.17) is 14.6 Å². The number of esters is 1. The fourth-order valence-corrected chi connectivity index (χ4v) is 2.57. The van der Waals surface area contributed by atoms with Crippen molar-refractivity contribution in [1.82, 2.24) is 10.6 Å². The third-order valence-electron chi connectivity index (χ3n) is 3.98. The van der Waals surface area contributed by atoms with Gasteiger partial charge in [0, 0.05) is 6.61 Å². The van der Waals surface area contributed by atoms with Gasteiger partial charge >= 0.3 is 12.1 Å². The van der Waals surface area contributed by atoms with Crippen molar-refractivity contribution >= 4 is 18.0 Å². The van der Waals surface area contributed by atoms with E-state index < -0.39 is 30.1 Å². The van der Waals surface area contributed by atoms with Crippen LogP contribution in [0.25, 0.3) is 0 Å². The first-order chi connectivity index (χ1) is 13.4. The lowest BCUT2D eigenvalue weighted by atomic mass is 10.0. The molecule has 0 aromatic heterocycles. The minimum absolute atomic E-state index is 0.0873. The van der Waals surface area contributed by atoms with Crippen LogP contribution in [0, 0.1) is 5.92 Å².